The maximum Gasteiger partial charge on any atom is 0.253 e. The predicted molar refractivity (Wildman–Crippen MR) is 130 cm³/mol. The second-order valence-corrected chi connectivity index (χ2v) is 8.98. The van der Waals surface area contributed by atoms with Gasteiger partial charge in [-0.25, -0.2) is 0 Å². The average Bonchev–Trinajstić information content (AvgIpc) is 2.81. The zero-order valence-electron chi connectivity index (χ0n) is 18.0. The van der Waals surface area contributed by atoms with E-state index in [-0.39, 0.29) is 12.5 Å². The van der Waals surface area contributed by atoms with Crippen molar-refractivity contribution in [2.24, 2.45) is 10.9 Å². The van der Waals surface area contributed by atoms with Gasteiger partial charge in [-0.3, -0.25) is 14.5 Å². The van der Waals surface area contributed by atoms with Crippen molar-refractivity contribution in [3.63, 3.8) is 0 Å². The molecule has 1 N–H and O–H groups in total. The van der Waals surface area contributed by atoms with Gasteiger partial charge in [-0.15, -0.1) is 0 Å². The van der Waals surface area contributed by atoms with Crippen molar-refractivity contribution in [1.29, 1.82) is 0 Å². The first-order valence-corrected chi connectivity index (χ1v) is 11.4. The molecule has 0 spiro atoms. The van der Waals surface area contributed by atoms with E-state index in [1.807, 2.05) is 24.4 Å². The molecule has 2 atom stereocenters. The number of carbonyl (C=O) groups is 1. The fourth-order valence-corrected chi connectivity index (χ4v) is 4.69. The van der Waals surface area contributed by atoms with Gasteiger partial charge in [0.1, 0.15) is 0 Å². The van der Waals surface area contributed by atoms with Crippen LogP contribution in [0.25, 0.3) is 5.57 Å². The zero-order chi connectivity index (χ0) is 21.8. The highest BCUT2D eigenvalue weighted by molar-refractivity contribution is 7.13. The van der Waals surface area contributed by atoms with Crippen LogP contribution in [0.5, 0.6) is 0 Å². The van der Waals surface area contributed by atoms with Crippen LogP contribution in [0.4, 0.5) is 0 Å². The van der Waals surface area contributed by atoms with Crippen LogP contribution in [0.15, 0.2) is 70.4 Å². The smallest absolute Gasteiger partial charge is 0.253 e. The molecule has 1 aromatic rings. The number of likely N-dealkylation sites (N-methyl/N-ethyl adjacent to an activating group) is 1. The molecule has 1 aliphatic carbocycles. The first-order chi connectivity index (χ1) is 15.1. The molecule has 4 rings (SSSR count). The summed E-state index contributed by atoms with van der Waals surface area (Å²) in [4.78, 5) is 18.9. The van der Waals surface area contributed by atoms with Crippen molar-refractivity contribution in [3.8, 4) is 0 Å². The van der Waals surface area contributed by atoms with E-state index in [9.17, 15) is 4.79 Å². The van der Waals surface area contributed by atoms with Crippen molar-refractivity contribution in [2.75, 3.05) is 33.3 Å². The Bertz CT molecular complexity index is 979. The van der Waals surface area contributed by atoms with E-state index >= 15 is 0 Å². The molecule has 5 nitrogen and oxygen atoms in total. The highest BCUT2D eigenvalue weighted by Gasteiger charge is 2.25. The van der Waals surface area contributed by atoms with E-state index in [2.05, 4.69) is 44.4 Å². The van der Waals surface area contributed by atoms with Crippen LogP contribution in [0.2, 0.25) is 0 Å². The summed E-state index contributed by atoms with van der Waals surface area (Å²) in [5.41, 5.74) is 6.84. The van der Waals surface area contributed by atoms with E-state index in [1.165, 1.54) is 16.7 Å². The summed E-state index contributed by atoms with van der Waals surface area (Å²) in [6.07, 6.45) is 13.7. The molecule has 1 fully saturated rings. The van der Waals surface area contributed by atoms with Crippen molar-refractivity contribution >= 4 is 27.1 Å². The number of benzene rings is 1. The van der Waals surface area contributed by atoms with Crippen LogP contribution >= 0.6 is 9.39 Å². The highest BCUT2D eigenvalue weighted by Crippen LogP contribution is 2.40. The Hall–Kier alpha value is -2.33. The summed E-state index contributed by atoms with van der Waals surface area (Å²) in [6, 6.07) is 7.91. The maximum atomic E-state index is 12.6. The lowest BCUT2D eigenvalue weighted by molar-refractivity contribution is 0.0767. The monoisotopic (exact) mass is 435 g/mol. The minimum absolute atomic E-state index is 0.0390. The van der Waals surface area contributed by atoms with Gasteiger partial charge in [0.05, 0.1) is 12.3 Å². The lowest BCUT2D eigenvalue weighted by atomic mass is 9.81. The molecule has 2 heterocycles. The van der Waals surface area contributed by atoms with Gasteiger partial charge in [0.25, 0.3) is 5.91 Å². The van der Waals surface area contributed by atoms with E-state index in [0.717, 1.165) is 43.6 Å². The Kier molecular flexibility index (Phi) is 6.96. The molecule has 31 heavy (non-hydrogen) atoms. The third-order valence-electron chi connectivity index (χ3n) is 6.17. The number of fused-ring (bicyclic) bond motifs is 1. The second kappa shape index (κ2) is 9.86. The molecule has 1 amide bonds. The first-order valence-electron chi connectivity index (χ1n) is 10.9. The van der Waals surface area contributed by atoms with E-state index in [4.69, 9.17) is 10.1 Å². The van der Waals surface area contributed by atoms with Crippen LogP contribution in [0.1, 0.15) is 35.2 Å². The van der Waals surface area contributed by atoms with E-state index in [1.54, 1.807) is 11.9 Å². The minimum atomic E-state index is -0.0761. The minimum Gasteiger partial charge on any atom is -0.395 e. The summed E-state index contributed by atoms with van der Waals surface area (Å²) >= 11 is 0. The fourth-order valence-electron chi connectivity index (χ4n) is 4.43. The predicted octanol–water partition coefficient (Wildman–Crippen LogP) is 3.86. The molecule has 0 saturated carbocycles. The largest absolute Gasteiger partial charge is 0.395 e. The lowest BCUT2D eigenvalue weighted by Gasteiger charge is -2.29. The number of amides is 1. The topological polar surface area (TPSA) is 56.1 Å². The van der Waals surface area contributed by atoms with Gasteiger partial charge >= 0.3 is 0 Å². The van der Waals surface area contributed by atoms with E-state index in [0.29, 0.717) is 18.0 Å². The summed E-state index contributed by atoms with van der Waals surface area (Å²) in [5, 5.41) is 9.12. The number of dihydropyridines is 1. The van der Waals surface area contributed by atoms with Crippen molar-refractivity contribution in [3.05, 3.63) is 76.5 Å². The maximum absolute atomic E-state index is 12.6. The van der Waals surface area contributed by atoms with E-state index < -0.39 is 0 Å². The highest BCUT2D eigenvalue weighted by atomic mass is 31.0. The van der Waals surface area contributed by atoms with Crippen molar-refractivity contribution in [1.82, 2.24) is 9.57 Å². The van der Waals surface area contributed by atoms with Crippen molar-refractivity contribution in [2.45, 2.75) is 19.3 Å². The van der Waals surface area contributed by atoms with Gasteiger partial charge in [-0.05, 0) is 48.6 Å². The Morgan fingerprint density at radius 3 is 2.65 bits per heavy atom. The number of allylic oxidation sites excluding steroid dienone is 6. The number of hydrogen-bond acceptors (Lipinski definition) is 4. The number of rotatable bonds is 5. The summed E-state index contributed by atoms with van der Waals surface area (Å²) in [5.74, 6) is 0.253. The Morgan fingerprint density at radius 1 is 1.23 bits per heavy atom. The molecule has 1 aromatic carbocycles. The number of aliphatic hydroxyl groups is 1. The molecule has 1 saturated heterocycles. The second-order valence-electron chi connectivity index (χ2n) is 8.25. The summed E-state index contributed by atoms with van der Waals surface area (Å²) in [6.45, 7) is 2.33. The Labute approximate surface area is 186 Å². The third kappa shape index (κ3) is 4.79. The number of nitrogens with zero attached hydrogens (tertiary/aromatic N) is 3. The van der Waals surface area contributed by atoms with Gasteiger partial charge in [-0.2, -0.15) is 0 Å². The number of carbonyl (C=O) groups excluding carboxylic acids is 1. The van der Waals surface area contributed by atoms with Crippen molar-refractivity contribution < 1.29 is 9.90 Å². The lowest BCUT2D eigenvalue weighted by Crippen LogP contribution is -2.29. The Morgan fingerprint density at radius 2 is 1.94 bits per heavy atom. The number of piperidine rings is 1. The summed E-state index contributed by atoms with van der Waals surface area (Å²) < 4.78 is 2.29. The fraction of sp³-hybridized carbons (Fsp3) is 0.360. The van der Waals surface area contributed by atoms with Gasteiger partial charge in [-0.1, -0.05) is 45.3 Å². The molecular formula is C25H30N3O2P. The number of aliphatic hydroxyl groups excluding tert-OH is 1. The SMILES string of the molecule is CN(CCO)C(=O)c1ccc(C(=C2CCN(P)CC2)C2=C3N=CC=CC3CC=C2)cc1. The van der Waals surface area contributed by atoms with Crippen LogP contribution in [-0.4, -0.2) is 60.1 Å². The molecule has 0 bridgehead atoms. The average molecular weight is 436 g/mol. The van der Waals surface area contributed by atoms with Crippen LogP contribution in [-0.2, 0) is 0 Å². The normalized spacial score (nSPS) is 20.7. The quantitative estimate of drug-likeness (QED) is 0.715. The molecule has 162 valence electrons. The number of aliphatic imine (C=N–C) groups is 1. The van der Waals surface area contributed by atoms with Gasteiger partial charge < -0.3 is 10.0 Å². The van der Waals surface area contributed by atoms with Crippen LogP contribution in [0.3, 0.4) is 0 Å². The first kappa shape index (κ1) is 21.9. The van der Waals surface area contributed by atoms with Crippen LogP contribution < -0.4 is 0 Å². The Balaban J connectivity index is 1.75. The number of hydrogen-bond donors (Lipinski definition) is 1. The van der Waals surface area contributed by atoms with Gasteiger partial charge in [0.2, 0.25) is 0 Å². The van der Waals surface area contributed by atoms with Gasteiger partial charge in [0.15, 0.2) is 0 Å². The summed E-state index contributed by atoms with van der Waals surface area (Å²) in [7, 11) is 4.53. The molecule has 2 unspecified atom stereocenters. The standard InChI is InChI=1S/C25H30N3O2P/c1-27(16-17-29)25(30)21-9-7-18(8-10-21)23(19-11-14-28(31)15-12-19)22-6-2-4-20-5-3-13-26-24(20)22/h2-3,5-10,13,20,29H,4,11-12,14-17,31H2,1H3. The zero-order valence-corrected chi connectivity index (χ0v) is 19.2. The molecule has 6 heteroatoms. The van der Waals surface area contributed by atoms with Crippen LogP contribution in [0, 0.1) is 5.92 Å². The molecule has 3 aliphatic rings. The van der Waals surface area contributed by atoms with Gasteiger partial charge in [0, 0.05) is 50.0 Å². The molecule has 0 aromatic heterocycles. The molecule has 0 radical (unpaired) electrons. The third-order valence-corrected chi connectivity index (χ3v) is 6.69. The molecular weight excluding hydrogens is 405 g/mol. The molecule has 2 aliphatic heterocycles.